The lowest BCUT2D eigenvalue weighted by Crippen LogP contribution is -2.24. The van der Waals surface area contributed by atoms with Crippen molar-refractivity contribution in [3.63, 3.8) is 0 Å². The van der Waals surface area contributed by atoms with E-state index >= 15 is 0 Å². The van der Waals surface area contributed by atoms with E-state index in [9.17, 15) is 4.79 Å². The summed E-state index contributed by atoms with van der Waals surface area (Å²) in [6.45, 7) is 12.9. The number of anilines is 1. The normalized spacial score (nSPS) is 12.1. The molecule has 0 spiro atoms. The van der Waals surface area contributed by atoms with E-state index in [-0.39, 0.29) is 11.2 Å². The average molecular weight is 409 g/mol. The van der Waals surface area contributed by atoms with Crippen molar-refractivity contribution in [3.05, 3.63) is 58.7 Å². The van der Waals surface area contributed by atoms with Crippen LogP contribution < -0.4 is 5.32 Å². The van der Waals surface area contributed by atoms with E-state index < -0.39 is 0 Å². The Morgan fingerprint density at radius 3 is 2.34 bits per heavy atom. The summed E-state index contributed by atoms with van der Waals surface area (Å²) in [5, 5.41) is 12.3. The Hall–Kier alpha value is -2.60. The third kappa shape index (κ3) is 4.53. The molecule has 0 aliphatic rings. The molecule has 0 radical (unpaired) electrons. The molecule has 0 saturated heterocycles. The highest BCUT2D eigenvalue weighted by molar-refractivity contribution is 8.00. The van der Waals surface area contributed by atoms with Crippen molar-refractivity contribution < 1.29 is 4.79 Å². The number of carbonyl (C=O) groups excluding carboxylic acids is 1. The lowest BCUT2D eigenvalue weighted by atomic mass is 10.1. The summed E-state index contributed by atoms with van der Waals surface area (Å²) in [6, 6.07) is 12.3. The van der Waals surface area contributed by atoms with Crippen LogP contribution in [-0.4, -0.2) is 25.9 Å². The lowest BCUT2D eigenvalue weighted by Gasteiger charge is -2.16. The molecular weight excluding hydrogens is 380 g/mol. The topological polar surface area (TPSA) is 59.8 Å². The summed E-state index contributed by atoms with van der Waals surface area (Å²) < 4.78 is 2.07. The maximum absolute atomic E-state index is 12.8. The summed E-state index contributed by atoms with van der Waals surface area (Å²) in [6.07, 6.45) is 0. The molecule has 1 N–H and O–H groups in total. The van der Waals surface area contributed by atoms with Gasteiger partial charge in [-0.3, -0.25) is 4.79 Å². The number of nitrogens with one attached hydrogen (secondary N) is 1. The highest BCUT2D eigenvalue weighted by Gasteiger charge is 2.21. The summed E-state index contributed by atoms with van der Waals surface area (Å²) in [7, 11) is 0. The first-order chi connectivity index (χ1) is 13.8. The van der Waals surface area contributed by atoms with E-state index in [1.54, 1.807) is 0 Å². The van der Waals surface area contributed by atoms with Gasteiger partial charge in [-0.1, -0.05) is 53.7 Å². The van der Waals surface area contributed by atoms with Crippen LogP contribution in [0.15, 0.2) is 41.6 Å². The molecule has 3 rings (SSSR count). The number of rotatable bonds is 6. The molecule has 0 saturated carbocycles. The second-order valence-corrected chi connectivity index (χ2v) is 8.70. The van der Waals surface area contributed by atoms with Gasteiger partial charge in [0.25, 0.3) is 0 Å². The number of benzene rings is 2. The fourth-order valence-corrected chi connectivity index (χ4v) is 4.41. The Morgan fingerprint density at radius 2 is 1.72 bits per heavy atom. The zero-order valence-corrected chi connectivity index (χ0v) is 18.7. The Labute approximate surface area is 176 Å². The molecule has 0 aliphatic heterocycles. The van der Waals surface area contributed by atoms with Gasteiger partial charge in [-0.15, -0.1) is 10.2 Å². The van der Waals surface area contributed by atoms with Gasteiger partial charge in [-0.25, -0.2) is 0 Å². The molecule has 3 aromatic rings. The molecule has 2 aromatic carbocycles. The predicted octanol–water partition coefficient (Wildman–Crippen LogP) is 5.32. The van der Waals surface area contributed by atoms with Crippen LogP contribution in [-0.2, 0) is 11.3 Å². The minimum absolute atomic E-state index is 0.0341. The third-order valence-corrected chi connectivity index (χ3v) is 6.08. The molecule has 1 aromatic heterocycles. The molecule has 6 heteroatoms. The van der Waals surface area contributed by atoms with Crippen molar-refractivity contribution in [1.82, 2.24) is 14.8 Å². The molecular formula is C23H28N4OS. The number of thioether (sulfide) groups is 1. The Balaban J connectivity index is 1.80. The Bertz CT molecular complexity index is 1020. The van der Waals surface area contributed by atoms with Gasteiger partial charge >= 0.3 is 0 Å². The molecule has 1 heterocycles. The van der Waals surface area contributed by atoms with Crippen LogP contribution in [0.1, 0.15) is 36.1 Å². The molecule has 1 amide bonds. The first kappa shape index (κ1) is 21.1. The molecule has 0 aliphatic carbocycles. The van der Waals surface area contributed by atoms with Gasteiger partial charge in [0.1, 0.15) is 0 Å². The summed E-state index contributed by atoms with van der Waals surface area (Å²) >= 11 is 1.44. The first-order valence-corrected chi connectivity index (χ1v) is 10.7. The van der Waals surface area contributed by atoms with Gasteiger partial charge in [-0.05, 0) is 58.2 Å². The maximum atomic E-state index is 12.8. The van der Waals surface area contributed by atoms with Crippen molar-refractivity contribution in [3.8, 4) is 11.4 Å². The molecule has 1 atom stereocenters. The van der Waals surface area contributed by atoms with Crippen molar-refractivity contribution >= 4 is 23.4 Å². The molecule has 0 fully saturated rings. The molecule has 29 heavy (non-hydrogen) atoms. The quantitative estimate of drug-likeness (QED) is 0.561. The van der Waals surface area contributed by atoms with Gasteiger partial charge in [0.2, 0.25) is 5.91 Å². The van der Waals surface area contributed by atoms with Gasteiger partial charge in [0.15, 0.2) is 11.0 Å². The number of aryl methyl sites for hydroxylation is 4. The first-order valence-electron chi connectivity index (χ1n) is 9.86. The van der Waals surface area contributed by atoms with E-state index in [1.807, 2.05) is 32.9 Å². The second-order valence-electron chi connectivity index (χ2n) is 7.39. The minimum Gasteiger partial charge on any atom is -0.325 e. The SMILES string of the molecule is CCn1c(S[C@H](C)C(=O)Nc2c(C)cc(C)cc2C)nnc1-c1ccccc1C. The van der Waals surface area contributed by atoms with Gasteiger partial charge in [0.05, 0.1) is 5.25 Å². The van der Waals surface area contributed by atoms with Crippen LogP contribution in [0.3, 0.4) is 0 Å². The summed E-state index contributed by atoms with van der Waals surface area (Å²) in [5.74, 6) is 0.805. The zero-order chi connectivity index (χ0) is 21.1. The highest BCUT2D eigenvalue weighted by Crippen LogP contribution is 2.29. The van der Waals surface area contributed by atoms with Gasteiger partial charge < -0.3 is 9.88 Å². The molecule has 0 bridgehead atoms. The fourth-order valence-electron chi connectivity index (χ4n) is 3.50. The van der Waals surface area contributed by atoms with Crippen molar-refractivity contribution in [2.24, 2.45) is 0 Å². The van der Waals surface area contributed by atoms with Gasteiger partial charge in [0, 0.05) is 17.8 Å². The number of nitrogens with zero attached hydrogens (tertiary/aromatic N) is 3. The molecule has 5 nitrogen and oxygen atoms in total. The van der Waals surface area contributed by atoms with Crippen LogP contribution in [0.4, 0.5) is 5.69 Å². The van der Waals surface area contributed by atoms with Crippen LogP contribution >= 0.6 is 11.8 Å². The molecule has 0 unspecified atom stereocenters. The number of hydrogen-bond donors (Lipinski definition) is 1. The monoisotopic (exact) mass is 408 g/mol. The molecule has 152 valence electrons. The standard InChI is InChI=1S/C23H28N4OS/c1-7-27-21(19-11-9-8-10-15(19)3)25-26-23(27)29-18(6)22(28)24-20-16(4)12-14(2)13-17(20)5/h8-13,18H,7H2,1-6H3,(H,24,28)/t18-/m1/s1. The van der Waals surface area contributed by atoms with Gasteiger partial charge in [-0.2, -0.15) is 0 Å². The van der Waals surface area contributed by atoms with Crippen LogP contribution in [0, 0.1) is 27.7 Å². The number of carbonyl (C=O) groups is 1. The van der Waals surface area contributed by atoms with Crippen molar-refractivity contribution in [2.45, 2.75) is 58.5 Å². The third-order valence-electron chi connectivity index (χ3n) is 5.00. The smallest absolute Gasteiger partial charge is 0.237 e. The fraction of sp³-hybridized carbons (Fsp3) is 0.348. The van der Waals surface area contributed by atoms with Crippen molar-refractivity contribution in [1.29, 1.82) is 0 Å². The highest BCUT2D eigenvalue weighted by atomic mass is 32.2. The number of amides is 1. The zero-order valence-electron chi connectivity index (χ0n) is 17.9. The van der Waals surface area contributed by atoms with Crippen LogP contribution in [0.25, 0.3) is 11.4 Å². The summed E-state index contributed by atoms with van der Waals surface area (Å²) in [4.78, 5) is 12.8. The number of aromatic nitrogens is 3. The average Bonchev–Trinajstić information content (AvgIpc) is 3.07. The second kappa shape index (κ2) is 8.82. The largest absolute Gasteiger partial charge is 0.325 e. The Morgan fingerprint density at radius 1 is 1.07 bits per heavy atom. The number of hydrogen-bond acceptors (Lipinski definition) is 4. The van der Waals surface area contributed by atoms with E-state index in [0.717, 1.165) is 45.5 Å². The Kier molecular flexibility index (Phi) is 6.42. The van der Waals surface area contributed by atoms with E-state index in [2.05, 4.69) is 65.1 Å². The van der Waals surface area contributed by atoms with Crippen LogP contribution in [0.5, 0.6) is 0 Å². The van der Waals surface area contributed by atoms with E-state index in [4.69, 9.17) is 0 Å². The maximum Gasteiger partial charge on any atom is 0.237 e. The predicted molar refractivity (Wildman–Crippen MR) is 120 cm³/mol. The van der Waals surface area contributed by atoms with Crippen LogP contribution in [0.2, 0.25) is 0 Å². The van der Waals surface area contributed by atoms with Crippen molar-refractivity contribution in [2.75, 3.05) is 5.32 Å². The minimum atomic E-state index is -0.297. The summed E-state index contributed by atoms with van der Waals surface area (Å²) in [5.41, 5.74) is 6.46. The lowest BCUT2D eigenvalue weighted by molar-refractivity contribution is -0.115. The van der Waals surface area contributed by atoms with E-state index in [0.29, 0.717) is 0 Å². The van der Waals surface area contributed by atoms with E-state index in [1.165, 1.54) is 17.3 Å².